The first kappa shape index (κ1) is 31.6. The summed E-state index contributed by atoms with van der Waals surface area (Å²) in [7, 11) is -2.63. The normalized spacial score (nSPS) is 23.8. The number of carbonyl (C=O) groups excluding carboxylic acids is 1. The van der Waals surface area contributed by atoms with E-state index in [2.05, 4.69) is 31.9 Å². The minimum Gasteiger partial charge on any atom is -0.462 e. The summed E-state index contributed by atoms with van der Waals surface area (Å²) < 4.78 is 55.2. The number of anilines is 1. The summed E-state index contributed by atoms with van der Waals surface area (Å²) in [5.41, 5.74) is 0.0609. The van der Waals surface area contributed by atoms with Crippen LogP contribution in [0.25, 0.3) is 11.2 Å². The van der Waals surface area contributed by atoms with Gasteiger partial charge in [-0.15, -0.1) is 6.58 Å². The molecular weight excluding hydrogens is 566 g/mol. The summed E-state index contributed by atoms with van der Waals surface area (Å²) in [6, 6.07) is 7.13. The first-order valence-electron chi connectivity index (χ1n) is 13.6. The molecule has 0 spiro atoms. The third kappa shape index (κ3) is 6.34. The highest BCUT2D eigenvalue weighted by Crippen LogP contribution is 2.57. The van der Waals surface area contributed by atoms with Gasteiger partial charge in [0.1, 0.15) is 30.5 Å². The largest absolute Gasteiger partial charge is 0.462 e. The molecule has 0 saturated carbocycles. The Kier molecular flexibility index (Phi) is 9.08. The fourth-order valence-corrected chi connectivity index (χ4v) is 6.52. The van der Waals surface area contributed by atoms with Crippen LogP contribution in [0.2, 0.25) is 0 Å². The molecule has 2 N–H and O–H groups in total. The third-order valence-corrected chi connectivity index (χ3v) is 8.55. The van der Waals surface area contributed by atoms with Gasteiger partial charge < -0.3 is 19.3 Å². The molecule has 0 amide bonds. The van der Waals surface area contributed by atoms with Crippen LogP contribution in [0.3, 0.4) is 0 Å². The van der Waals surface area contributed by atoms with E-state index in [0.29, 0.717) is 22.8 Å². The Morgan fingerprint density at radius 2 is 1.95 bits per heavy atom. The minimum absolute atomic E-state index is 0.191. The van der Waals surface area contributed by atoms with Crippen molar-refractivity contribution in [3.8, 4) is 5.75 Å². The van der Waals surface area contributed by atoms with E-state index in [-0.39, 0.29) is 5.75 Å². The SMILES string of the molecule is C=C[C@H]1C(C)(C)[C@H](n2cnc3c(NC)nc(C)nc32)O[C@]1(F)COP(=O)(N[C@@H](C)C(=O)OC(C)C)Oc1ccccc1. The first-order chi connectivity index (χ1) is 19.7. The number of fused-ring (bicyclic) bond motifs is 1. The van der Waals surface area contributed by atoms with Crippen molar-refractivity contribution in [1.29, 1.82) is 0 Å². The number of alkyl halides is 1. The highest BCUT2D eigenvalue weighted by molar-refractivity contribution is 7.52. The summed E-state index contributed by atoms with van der Waals surface area (Å²) in [5.74, 6) is -2.89. The van der Waals surface area contributed by atoms with Crippen molar-refractivity contribution in [2.24, 2.45) is 11.3 Å². The summed E-state index contributed by atoms with van der Waals surface area (Å²) in [5, 5.41) is 5.57. The number of nitrogens with zero attached hydrogens (tertiary/aromatic N) is 4. The zero-order chi connectivity index (χ0) is 30.9. The Morgan fingerprint density at radius 3 is 2.57 bits per heavy atom. The van der Waals surface area contributed by atoms with Gasteiger partial charge in [-0.2, -0.15) is 5.09 Å². The molecule has 228 valence electrons. The summed E-state index contributed by atoms with van der Waals surface area (Å²) in [6.45, 7) is 13.3. The Labute approximate surface area is 244 Å². The molecule has 14 heteroatoms. The number of nitrogens with one attached hydrogen (secondary N) is 2. The lowest BCUT2D eigenvalue weighted by Gasteiger charge is -2.31. The Balaban J connectivity index is 1.65. The van der Waals surface area contributed by atoms with Crippen LogP contribution in [-0.4, -0.2) is 57.1 Å². The van der Waals surface area contributed by atoms with Crippen LogP contribution in [0.5, 0.6) is 5.75 Å². The number of benzene rings is 1. The number of rotatable bonds is 12. The van der Waals surface area contributed by atoms with E-state index in [4.69, 9.17) is 18.5 Å². The fraction of sp³-hybridized carbons (Fsp3) is 0.500. The molecule has 1 saturated heterocycles. The number of ether oxygens (including phenoxy) is 2. The Morgan fingerprint density at radius 1 is 1.26 bits per heavy atom. The topological polar surface area (TPSA) is 139 Å². The van der Waals surface area contributed by atoms with Crippen LogP contribution < -0.4 is 14.9 Å². The second kappa shape index (κ2) is 12.1. The van der Waals surface area contributed by atoms with Gasteiger partial charge in [-0.05, 0) is 39.8 Å². The Hall–Kier alpha value is -3.38. The monoisotopic (exact) mass is 604 g/mol. The van der Waals surface area contributed by atoms with E-state index in [1.165, 1.54) is 19.3 Å². The summed E-state index contributed by atoms with van der Waals surface area (Å²) >= 11 is 0. The van der Waals surface area contributed by atoms with Crippen molar-refractivity contribution in [2.45, 2.75) is 65.8 Å². The Bertz CT molecular complexity index is 1480. The molecule has 1 aliphatic heterocycles. The van der Waals surface area contributed by atoms with Gasteiger partial charge >= 0.3 is 13.7 Å². The first-order valence-corrected chi connectivity index (χ1v) is 15.1. The summed E-state index contributed by atoms with van der Waals surface area (Å²) in [4.78, 5) is 25.8. The highest BCUT2D eigenvalue weighted by atomic mass is 31.2. The molecule has 3 aromatic rings. The van der Waals surface area contributed by atoms with Crippen molar-refractivity contribution in [3.63, 3.8) is 0 Å². The molecule has 1 aromatic carbocycles. The van der Waals surface area contributed by atoms with Gasteiger partial charge in [0, 0.05) is 18.4 Å². The molecule has 0 radical (unpaired) electrons. The van der Waals surface area contributed by atoms with Crippen LogP contribution in [0, 0.1) is 18.3 Å². The van der Waals surface area contributed by atoms with E-state index in [0.717, 1.165) is 0 Å². The number of halogens is 1. The maximum atomic E-state index is 16.9. The fourth-order valence-electron chi connectivity index (χ4n) is 5.02. The quantitative estimate of drug-likeness (QED) is 0.157. The van der Waals surface area contributed by atoms with Gasteiger partial charge in [0.05, 0.1) is 12.4 Å². The number of esters is 1. The molecule has 4 rings (SSSR count). The van der Waals surface area contributed by atoms with Crippen molar-refractivity contribution in [1.82, 2.24) is 24.6 Å². The molecule has 1 aliphatic rings. The zero-order valence-corrected chi connectivity index (χ0v) is 25.7. The lowest BCUT2D eigenvalue weighted by molar-refractivity contribution is -0.184. The third-order valence-electron chi connectivity index (χ3n) is 6.93. The van der Waals surface area contributed by atoms with Gasteiger partial charge in [-0.25, -0.2) is 23.9 Å². The van der Waals surface area contributed by atoms with Gasteiger partial charge in [0.25, 0.3) is 0 Å². The van der Waals surface area contributed by atoms with Gasteiger partial charge in [0.2, 0.25) is 5.85 Å². The number of para-hydroxylation sites is 1. The van der Waals surface area contributed by atoms with E-state index in [9.17, 15) is 9.36 Å². The molecule has 0 bridgehead atoms. The van der Waals surface area contributed by atoms with Crippen molar-refractivity contribution < 1.29 is 32.3 Å². The standard InChI is InChI=1S/C28H38FN6O6P/c1-9-21-27(6,7)26(35-16-31-22-23(30-8)32-19(5)33-24(22)35)40-28(21,29)15-38-42(37,41-20-13-11-10-12-14-20)34-18(4)25(36)39-17(2)3/h9-14,16-18,21,26H,1,15H2,2-8H3,(H,34,37)(H,30,32,33)/t18-,21-,26+,28+,42?/m0/s1. The van der Waals surface area contributed by atoms with Gasteiger partial charge in [-0.3, -0.25) is 13.9 Å². The zero-order valence-electron chi connectivity index (χ0n) is 24.8. The number of hydrogen-bond donors (Lipinski definition) is 2. The van der Waals surface area contributed by atoms with E-state index >= 15 is 4.39 Å². The van der Waals surface area contributed by atoms with E-state index in [1.54, 1.807) is 62.7 Å². The molecule has 1 fully saturated rings. The highest BCUT2D eigenvalue weighted by Gasteiger charge is 2.61. The number of imidazole rings is 1. The molecule has 5 atom stereocenters. The average Bonchev–Trinajstić information content (AvgIpc) is 3.42. The average molecular weight is 605 g/mol. The maximum Gasteiger partial charge on any atom is 0.459 e. The minimum atomic E-state index is -4.36. The van der Waals surface area contributed by atoms with Crippen LogP contribution >= 0.6 is 7.75 Å². The number of aryl methyl sites for hydroxylation is 1. The lowest BCUT2D eigenvalue weighted by atomic mass is 9.76. The molecular formula is C28H38FN6O6P. The second-order valence-electron chi connectivity index (χ2n) is 11.0. The van der Waals surface area contributed by atoms with E-state index < -0.39 is 55.9 Å². The predicted molar refractivity (Wildman–Crippen MR) is 155 cm³/mol. The van der Waals surface area contributed by atoms with Crippen molar-refractivity contribution in [3.05, 3.63) is 55.1 Å². The van der Waals surface area contributed by atoms with E-state index in [1.807, 2.05) is 13.8 Å². The number of carbonyl (C=O) groups is 1. The second-order valence-corrected chi connectivity index (χ2v) is 12.7. The smallest absolute Gasteiger partial charge is 0.459 e. The molecule has 42 heavy (non-hydrogen) atoms. The van der Waals surface area contributed by atoms with Crippen molar-refractivity contribution >= 4 is 30.7 Å². The molecule has 12 nitrogen and oxygen atoms in total. The van der Waals surface area contributed by atoms with Crippen molar-refractivity contribution in [2.75, 3.05) is 19.0 Å². The number of aromatic nitrogens is 4. The van der Waals surface area contributed by atoms with Crippen LogP contribution in [0.1, 0.15) is 46.7 Å². The van der Waals surface area contributed by atoms with Gasteiger partial charge in [0.15, 0.2) is 17.0 Å². The molecule has 3 heterocycles. The van der Waals surface area contributed by atoms with Gasteiger partial charge in [-0.1, -0.05) is 38.1 Å². The predicted octanol–water partition coefficient (Wildman–Crippen LogP) is 5.33. The lowest BCUT2D eigenvalue weighted by Crippen LogP contribution is -2.40. The number of hydrogen-bond acceptors (Lipinski definition) is 10. The van der Waals surface area contributed by atoms with Crippen LogP contribution in [0.4, 0.5) is 10.2 Å². The van der Waals surface area contributed by atoms with Crippen LogP contribution in [-0.2, 0) is 23.4 Å². The summed E-state index contributed by atoms with van der Waals surface area (Å²) in [6.07, 6.45) is 1.66. The molecule has 0 aliphatic carbocycles. The van der Waals surface area contributed by atoms with Crippen LogP contribution in [0.15, 0.2) is 49.3 Å². The maximum absolute atomic E-state index is 16.9. The molecule has 2 aromatic heterocycles. The molecule has 1 unspecified atom stereocenters.